The average molecular weight is 916 g/mol. The maximum atomic E-state index is 14.2. The number of unbranched alkanes of at least 4 members (excludes halogenated alkanes) is 1. The first kappa shape index (κ1) is 44.1. The predicted molar refractivity (Wildman–Crippen MR) is 249 cm³/mol. The molecule has 336 valence electrons. The number of benzene rings is 3. The summed E-state index contributed by atoms with van der Waals surface area (Å²) in [6.45, 7) is 13.0. The Morgan fingerprint density at radius 3 is 2.58 bits per heavy atom. The van der Waals surface area contributed by atoms with Crippen LogP contribution in [0, 0.1) is 12.8 Å². The number of carbonyl (C=O) groups is 2. The van der Waals surface area contributed by atoms with Gasteiger partial charge in [-0.1, -0.05) is 61.8 Å². The van der Waals surface area contributed by atoms with E-state index in [0.29, 0.717) is 35.1 Å². The number of ether oxygens (including phenoxy) is 1. The van der Waals surface area contributed by atoms with E-state index < -0.39 is 23.5 Å². The number of halogens is 1. The van der Waals surface area contributed by atoms with E-state index in [9.17, 15) is 19.5 Å². The lowest BCUT2D eigenvalue weighted by molar-refractivity contribution is -0.141. The molecule has 0 bridgehead atoms. The van der Waals surface area contributed by atoms with Crippen molar-refractivity contribution in [2.75, 3.05) is 13.2 Å². The molecule has 7 aromatic rings. The first-order chi connectivity index (χ1) is 31.2. The van der Waals surface area contributed by atoms with Gasteiger partial charge in [-0.25, -0.2) is 4.98 Å². The van der Waals surface area contributed by atoms with Gasteiger partial charge in [0.15, 0.2) is 5.76 Å². The maximum absolute atomic E-state index is 14.2. The highest BCUT2D eigenvalue weighted by Crippen LogP contribution is 2.44. The minimum Gasteiger partial charge on any atom is -0.476 e. The number of nitrogens with zero attached hydrogens (tertiary/aromatic N) is 7. The number of aliphatic hydroxyl groups excluding tert-OH is 1. The molecular formula is C49H51ClN8O6S. The molecule has 0 radical (unpaired) electrons. The van der Waals surface area contributed by atoms with Gasteiger partial charge in [0.2, 0.25) is 11.8 Å². The molecule has 14 nitrogen and oxygen atoms in total. The topological polar surface area (TPSA) is 170 Å². The Morgan fingerprint density at radius 2 is 1.83 bits per heavy atom. The van der Waals surface area contributed by atoms with Crippen molar-refractivity contribution >= 4 is 45.7 Å². The van der Waals surface area contributed by atoms with E-state index in [0.717, 1.165) is 62.4 Å². The maximum Gasteiger partial charge on any atom is 0.282 e. The summed E-state index contributed by atoms with van der Waals surface area (Å²) in [6.07, 6.45) is 4.70. The Morgan fingerprint density at radius 1 is 1.05 bits per heavy atom. The molecule has 1 fully saturated rings. The summed E-state index contributed by atoms with van der Waals surface area (Å²) in [5.74, 6) is -0.253. The fraction of sp³-hybridized carbons (Fsp3) is 0.367. The molecule has 1 saturated heterocycles. The summed E-state index contributed by atoms with van der Waals surface area (Å²) >= 11 is 8.03. The summed E-state index contributed by atoms with van der Waals surface area (Å²) in [5, 5.41) is 23.3. The third kappa shape index (κ3) is 8.36. The number of aryl methyl sites for hydroxylation is 2. The summed E-state index contributed by atoms with van der Waals surface area (Å²) in [7, 11) is 0. The number of amides is 2. The Kier molecular flexibility index (Phi) is 12.0. The van der Waals surface area contributed by atoms with Crippen LogP contribution in [0.5, 0.6) is 5.88 Å². The zero-order valence-electron chi connectivity index (χ0n) is 37.1. The highest BCUT2D eigenvalue weighted by atomic mass is 35.5. The van der Waals surface area contributed by atoms with E-state index in [2.05, 4.69) is 57.6 Å². The second kappa shape index (κ2) is 17.7. The molecule has 1 unspecified atom stereocenters. The lowest BCUT2D eigenvalue weighted by atomic mass is 9.84. The molecule has 0 aliphatic carbocycles. The van der Waals surface area contributed by atoms with Crippen LogP contribution in [-0.2, 0) is 21.5 Å². The van der Waals surface area contributed by atoms with E-state index in [1.807, 2.05) is 91.2 Å². The Hall–Kier alpha value is -6.16. The summed E-state index contributed by atoms with van der Waals surface area (Å²) in [4.78, 5) is 52.4. The minimum atomic E-state index is -0.837. The highest BCUT2D eigenvalue weighted by molar-refractivity contribution is 7.13. The third-order valence-electron chi connectivity index (χ3n) is 12.7. The normalized spacial score (nSPS) is 17.3. The van der Waals surface area contributed by atoms with Crippen LogP contribution in [0.4, 0.5) is 0 Å². The number of nitrogens with one attached hydrogen (secondary N) is 1. The molecule has 0 spiro atoms. The van der Waals surface area contributed by atoms with Crippen molar-refractivity contribution in [3.63, 3.8) is 0 Å². The summed E-state index contributed by atoms with van der Waals surface area (Å²) in [5.41, 5.74) is 8.71. The smallest absolute Gasteiger partial charge is 0.282 e. The molecule has 0 saturated carbocycles. The van der Waals surface area contributed by atoms with E-state index in [1.54, 1.807) is 23.5 Å². The number of aliphatic hydroxyl groups is 1. The van der Waals surface area contributed by atoms with E-state index in [1.165, 1.54) is 4.90 Å². The van der Waals surface area contributed by atoms with Gasteiger partial charge in [0.25, 0.3) is 11.4 Å². The number of aromatic nitrogens is 6. The fourth-order valence-electron chi connectivity index (χ4n) is 9.21. The van der Waals surface area contributed by atoms with Gasteiger partial charge >= 0.3 is 0 Å². The molecule has 16 heteroatoms. The van der Waals surface area contributed by atoms with E-state index in [-0.39, 0.29) is 48.2 Å². The molecule has 2 N–H and O–H groups in total. The second-order valence-corrected chi connectivity index (χ2v) is 19.2. The quantitative estimate of drug-likeness (QED) is 0.101. The molecule has 6 heterocycles. The van der Waals surface area contributed by atoms with Crippen molar-refractivity contribution < 1.29 is 24.0 Å². The number of likely N-dealkylation sites (tertiary alicyclic amines) is 1. The van der Waals surface area contributed by atoms with Crippen LogP contribution in [0.3, 0.4) is 0 Å². The molecular weight excluding hydrogens is 864 g/mol. The van der Waals surface area contributed by atoms with Crippen LogP contribution in [-0.4, -0.2) is 76.6 Å². The zero-order valence-corrected chi connectivity index (χ0v) is 38.7. The Bertz CT molecular complexity index is 2970. The standard InChI is InChI=1S/C49H51ClN8O6S/c1-27(2)42(47(62)57-25-34(59)21-39(57)45(60)53-28(3)30-12-14-31(15-13-30)44-29(4)51-26-65-44)40-22-41(55-64-40)63-19-8-7-18-56-24-33(23-52-56)32-16-17-37-35(20-32)49(5,6)48-54-46(61)43-36(50)10-9-11-38(43)58(37)48/h9-17,20,22-24,26-28,34,39,42,59H,7-8,18-19,21,25H2,1-6H3,(H,53,60)/t28-,34+,39-,42?/m0/s1. The molecule has 4 aromatic heterocycles. The summed E-state index contributed by atoms with van der Waals surface area (Å²) in [6, 6.07) is 20.3. The lowest BCUT2D eigenvalue weighted by Crippen LogP contribution is -2.48. The van der Waals surface area contributed by atoms with E-state index >= 15 is 0 Å². The van der Waals surface area contributed by atoms with Gasteiger partial charge in [-0.3, -0.25) is 23.6 Å². The van der Waals surface area contributed by atoms with Gasteiger partial charge in [0, 0.05) is 37.3 Å². The molecule has 2 amide bonds. The zero-order chi connectivity index (χ0) is 45.7. The van der Waals surface area contributed by atoms with Crippen molar-refractivity contribution in [1.29, 1.82) is 0 Å². The van der Waals surface area contributed by atoms with Crippen molar-refractivity contribution in [2.24, 2.45) is 5.92 Å². The van der Waals surface area contributed by atoms with Crippen LogP contribution in [0.15, 0.2) is 94.0 Å². The number of carbonyl (C=O) groups excluding carboxylic acids is 2. The molecule has 2 aliphatic rings. The van der Waals surface area contributed by atoms with Gasteiger partial charge in [0.1, 0.15) is 17.8 Å². The first-order valence-electron chi connectivity index (χ1n) is 22.0. The monoisotopic (exact) mass is 914 g/mol. The molecule has 65 heavy (non-hydrogen) atoms. The average Bonchev–Trinajstić information content (AvgIpc) is 4.13. The van der Waals surface area contributed by atoms with Gasteiger partial charge in [-0.15, -0.1) is 11.3 Å². The Balaban J connectivity index is 0.786. The number of hydrogen-bond acceptors (Lipinski definition) is 11. The van der Waals surface area contributed by atoms with Crippen molar-refractivity contribution in [3.8, 4) is 33.1 Å². The second-order valence-electron chi connectivity index (χ2n) is 17.9. The van der Waals surface area contributed by atoms with Crippen molar-refractivity contribution in [2.45, 2.75) is 96.9 Å². The predicted octanol–water partition coefficient (Wildman–Crippen LogP) is 8.40. The fourth-order valence-corrected chi connectivity index (χ4v) is 10.3. The number of hydrogen-bond donors (Lipinski definition) is 2. The van der Waals surface area contributed by atoms with Crippen LogP contribution in [0.1, 0.15) is 94.2 Å². The summed E-state index contributed by atoms with van der Waals surface area (Å²) < 4.78 is 15.6. The van der Waals surface area contributed by atoms with Gasteiger partial charge < -0.3 is 24.6 Å². The first-order valence-corrected chi connectivity index (χ1v) is 23.2. The molecule has 3 aromatic carbocycles. The van der Waals surface area contributed by atoms with Gasteiger partial charge in [-0.05, 0) is 98.1 Å². The molecule has 4 atom stereocenters. The largest absolute Gasteiger partial charge is 0.476 e. The number of rotatable bonds is 14. The van der Waals surface area contributed by atoms with E-state index in [4.69, 9.17) is 20.9 Å². The van der Waals surface area contributed by atoms with Gasteiger partial charge in [0.05, 0.1) is 68.1 Å². The van der Waals surface area contributed by atoms with Crippen molar-refractivity contribution in [1.82, 2.24) is 39.7 Å². The van der Waals surface area contributed by atoms with Crippen LogP contribution < -0.4 is 15.6 Å². The number of thiazole rings is 1. The minimum absolute atomic E-state index is 0.0434. The number of fused-ring (bicyclic) bond motifs is 5. The SMILES string of the molecule is Cc1ncsc1-c1ccc([C@H](C)NC(=O)[C@@H]2C[C@@H](O)CN2C(=O)C(c2cc(OCCCCn3cc(-c4ccc5c(c4)C(C)(C)c4nc(=O)c6c(Cl)cccc6n4-5)cn3)no2)C(C)C)cc1. The lowest BCUT2D eigenvalue weighted by Gasteiger charge is -2.29. The van der Waals surface area contributed by atoms with Crippen LogP contribution in [0.2, 0.25) is 5.02 Å². The van der Waals surface area contributed by atoms with Crippen LogP contribution in [0.25, 0.3) is 38.2 Å². The van der Waals surface area contributed by atoms with Crippen molar-refractivity contribution in [3.05, 3.63) is 128 Å². The Labute approximate surface area is 385 Å². The van der Waals surface area contributed by atoms with Gasteiger partial charge in [-0.2, -0.15) is 10.1 Å². The molecule has 9 rings (SSSR count). The number of β-amino-alcohol motifs (C(OH)–C–C–N with tert-alkyl or cyclic N) is 1. The third-order valence-corrected chi connectivity index (χ3v) is 14.0. The van der Waals surface area contributed by atoms with Crippen LogP contribution >= 0.6 is 22.9 Å². The highest BCUT2D eigenvalue weighted by Gasteiger charge is 2.44. The molecule has 2 aliphatic heterocycles.